The molecule has 1 amide bonds. The molecule has 0 saturated heterocycles. The molecule has 1 aliphatic rings. The van der Waals surface area contributed by atoms with E-state index in [1.165, 1.54) is 11.3 Å². The van der Waals surface area contributed by atoms with Crippen LogP contribution in [0.3, 0.4) is 0 Å². The van der Waals surface area contributed by atoms with Crippen molar-refractivity contribution in [1.82, 2.24) is 4.98 Å². The second kappa shape index (κ2) is 7.64. The maximum atomic E-state index is 13.0. The smallest absolute Gasteiger partial charge is 0.236 e. The number of ether oxygens (including phenoxy) is 2. The summed E-state index contributed by atoms with van der Waals surface area (Å²) in [6.45, 7) is 0. The number of carbonyl (C=O) groups is 1. The van der Waals surface area contributed by atoms with Crippen molar-refractivity contribution in [2.24, 2.45) is 0 Å². The molecule has 6 heteroatoms. The van der Waals surface area contributed by atoms with Crippen LogP contribution in [0.5, 0.6) is 11.5 Å². The predicted molar refractivity (Wildman–Crippen MR) is 110 cm³/mol. The molecule has 0 radical (unpaired) electrons. The molecule has 144 valence electrons. The van der Waals surface area contributed by atoms with Crippen molar-refractivity contribution in [2.45, 2.75) is 24.7 Å². The van der Waals surface area contributed by atoms with E-state index in [0.717, 1.165) is 46.8 Å². The zero-order chi connectivity index (χ0) is 19.6. The molecule has 1 aromatic heterocycles. The number of anilines is 1. The molecule has 0 aliphatic heterocycles. The Balaban J connectivity index is 1.49. The van der Waals surface area contributed by atoms with Gasteiger partial charge < -0.3 is 14.8 Å². The lowest BCUT2D eigenvalue weighted by atomic mass is 9.94. The lowest BCUT2D eigenvalue weighted by Gasteiger charge is -2.17. The zero-order valence-corrected chi connectivity index (χ0v) is 16.7. The number of nitrogens with one attached hydrogen (secondary N) is 1. The molecule has 1 saturated carbocycles. The lowest BCUT2D eigenvalue weighted by molar-refractivity contribution is -0.118. The summed E-state index contributed by atoms with van der Waals surface area (Å²) in [6.07, 6.45) is 4.17. The lowest BCUT2D eigenvalue weighted by Crippen LogP contribution is -2.28. The number of carbonyl (C=O) groups excluding carboxylic acids is 1. The minimum atomic E-state index is -0.513. The first-order valence-electron chi connectivity index (χ1n) is 9.18. The van der Waals surface area contributed by atoms with Crippen molar-refractivity contribution >= 4 is 22.4 Å². The SMILES string of the molecule is COc1ccccc1Cc1cnc(NC(=O)C2(c3ccccc3OC)CC2)s1. The Kier molecular flexibility index (Phi) is 5.05. The fourth-order valence-corrected chi connectivity index (χ4v) is 4.31. The number of amides is 1. The van der Waals surface area contributed by atoms with Crippen LogP contribution in [0.15, 0.2) is 54.7 Å². The topological polar surface area (TPSA) is 60.5 Å². The Morgan fingerprint density at radius 1 is 1.07 bits per heavy atom. The quantitative estimate of drug-likeness (QED) is 0.644. The van der Waals surface area contributed by atoms with Crippen LogP contribution in [0.1, 0.15) is 28.8 Å². The van der Waals surface area contributed by atoms with Gasteiger partial charge in [0.1, 0.15) is 11.5 Å². The predicted octanol–water partition coefficient (Wildman–Crippen LogP) is 4.42. The van der Waals surface area contributed by atoms with Gasteiger partial charge in [-0.25, -0.2) is 4.98 Å². The summed E-state index contributed by atoms with van der Waals surface area (Å²) in [5.41, 5.74) is 1.53. The fraction of sp³-hybridized carbons (Fsp3) is 0.273. The average Bonchev–Trinajstić information content (AvgIpc) is 3.43. The van der Waals surface area contributed by atoms with Crippen LogP contribution >= 0.6 is 11.3 Å². The average molecular weight is 394 g/mol. The molecule has 1 aliphatic carbocycles. The molecule has 1 heterocycles. The van der Waals surface area contributed by atoms with E-state index in [4.69, 9.17) is 9.47 Å². The van der Waals surface area contributed by atoms with Crippen LogP contribution in [0.25, 0.3) is 0 Å². The fourth-order valence-electron chi connectivity index (χ4n) is 3.48. The normalized spacial score (nSPS) is 14.4. The van der Waals surface area contributed by atoms with Gasteiger partial charge in [-0.2, -0.15) is 0 Å². The second-order valence-electron chi connectivity index (χ2n) is 6.86. The van der Waals surface area contributed by atoms with E-state index in [9.17, 15) is 4.79 Å². The molecule has 0 atom stereocenters. The number of aromatic nitrogens is 1. The number of thiazole rings is 1. The molecule has 0 unspecified atom stereocenters. The van der Waals surface area contributed by atoms with Gasteiger partial charge in [0.05, 0.1) is 19.6 Å². The standard InChI is InChI=1S/C22H22N2O3S/c1-26-18-9-5-3-7-15(18)13-16-14-23-21(28-16)24-20(25)22(11-12-22)17-8-4-6-10-19(17)27-2/h3-10,14H,11-13H2,1-2H3,(H,23,24,25). The molecule has 5 nitrogen and oxygen atoms in total. The number of methoxy groups -OCH3 is 2. The van der Waals surface area contributed by atoms with Crippen LogP contribution in [0.4, 0.5) is 5.13 Å². The number of benzene rings is 2. The highest BCUT2D eigenvalue weighted by atomic mass is 32.1. The van der Waals surface area contributed by atoms with Crippen LogP contribution in [-0.2, 0) is 16.6 Å². The Bertz CT molecular complexity index is 995. The van der Waals surface area contributed by atoms with Gasteiger partial charge in [0.15, 0.2) is 5.13 Å². The number of rotatable bonds is 7. The Hall–Kier alpha value is -2.86. The maximum absolute atomic E-state index is 13.0. The van der Waals surface area contributed by atoms with Crippen LogP contribution in [-0.4, -0.2) is 25.1 Å². The van der Waals surface area contributed by atoms with Gasteiger partial charge in [-0.05, 0) is 30.5 Å². The summed E-state index contributed by atoms with van der Waals surface area (Å²) in [5.74, 6) is 1.59. The van der Waals surface area contributed by atoms with Crippen molar-refractivity contribution in [2.75, 3.05) is 19.5 Å². The molecule has 0 spiro atoms. The maximum Gasteiger partial charge on any atom is 0.236 e. The third kappa shape index (κ3) is 3.47. The summed E-state index contributed by atoms with van der Waals surface area (Å²) in [5, 5.41) is 3.63. The van der Waals surface area contributed by atoms with E-state index in [2.05, 4.69) is 10.3 Å². The van der Waals surface area contributed by atoms with Crippen molar-refractivity contribution in [3.05, 3.63) is 70.7 Å². The van der Waals surface area contributed by atoms with Gasteiger partial charge in [0, 0.05) is 23.1 Å². The molecule has 28 heavy (non-hydrogen) atoms. The largest absolute Gasteiger partial charge is 0.496 e. The van der Waals surface area contributed by atoms with E-state index in [1.54, 1.807) is 14.2 Å². The molecular formula is C22H22N2O3S. The summed E-state index contributed by atoms with van der Waals surface area (Å²) < 4.78 is 10.9. The monoisotopic (exact) mass is 394 g/mol. The zero-order valence-electron chi connectivity index (χ0n) is 15.9. The van der Waals surface area contributed by atoms with Gasteiger partial charge in [0.25, 0.3) is 0 Å². The van der Waals surface area contributed by atoms with E-state index >= 15 is 0 Å². The van der Waals surface area contributed by atoms with Gasteiger partial charge in [-0.3, -0.25) is 4.79 Å². The summed E-state index contributed by atoms with van der Waals surface area (Å²) in [6, 6.07) is 15.7. The molecule has 4 rings (SSSR count). The Morgan fingerprint density at radius 3 is 2.46 bits per heavy atom. The number of nitrogens with zero attached hydrogens (tertiary/aromatic N) is 1. The van der Waals surface area contributed by atoms with Gasteiger partial charge in [-0.15, -0.1) is 11.3 Å². The van der Waals surface area contributed by atoms with E-state index in [0.29, 0.717) is 5.13 Å². The summed E-state index contributed by atoms with van der Waals surface area (Å²) in [4.78, 5) is 18.5. The minimum Gasteiger partial charge on any atom is -0.496 e. The minimum absolute atomic E-state index is 0.0183. The van der Waals surface area contributed by atoms with Crippen LogP contribution in [0.2, 0.25) is 0 Å². The van der Waals surface area contributed by atoms with E-state index in [1.807, 2.05) is 54.7 Å². The first-order valence-corrected chi connectivity index (χ1v) is 9.99. The van der Waals surface area contributed by atoms with Crippen LogP contribution < -0.4 is 14.8 Å². The molecule has 2 aromatic carbocycles. The van der Waals surface area contributed by atoms with E-state index < -0.39 is 5.41 Å². The Morgan fingerprint density at radius 2 is 1.75 bits per heavy atom. The third-order valence-corrected chi connectivity index (χ3v) is 6.05. The van der Waals surface area contributed by atoms with Crippen LogP contribution in [0, 0.1) is 0 Å². The van der Waals surface area contributed by atoms with E-state index in [-0.39, 0.29) is 5.91 Å². The van der Waals surface area contributed by atoms with Gasteiger partial charge >= 0.3 is 0 Å². The molecule has 3 aromatic rings. The number of hydrogen-bond donors (Lipinski definition) is 1. The van der Waals surface area contributed by atoms with Crippen molar-refractivity contribution < 1.29 is 14.3 Å². The molecular weight excluding hydrogens is 372 g/mol. The molecule has 0 bridgehead atoms. The highest BCUT2D eigenvalue weighted by Crippen LogP contribution is 2.52. The number of para-hydroxylation sites is 2. The second-order valence-corrected chi connectivity index (χ2v) is 7.97. The Labute approximate surface area is 168 Å². The summed E-state index contributed by atoms with van der Waals surface area (Å²) >= 11 is 1.49. The summed E-state index contributed by atoms with van der Waals surface area (Å²) in [7, 11) is 3.31. The third-order valence-electron chi connectivity index (χ3n) is 5.14. The van der Waals surface area contributed by atoms with Crippen molar-refractivity contribution in [3.8, 4) is 11.5 Å². The first kappa shape index (κ1) is 18.5. The molecule has 1 N–H and O–H groups in total. The highest BCUT2D eigenvalue weighted by molar-refractivity contribution is 7.15. The van der Waals surface area contributed by atoms with Gasteiger partial charge in [0.2, 0.25) is 5.91 Å². The first-order chi connectivity index (χ1) is 13.7. The van der Waals surface area contributed by atoms with Gasteiger partial charge in [-0.1, -0.05) is 36.4 Å². The number of hydrogen-bond acceptors (Lipinski definition) is 5. The van der Waals surface area contributed by atoms with Crippen molar-refractivity contribution in [1.29, 1.82) is 0 Å². The molecule has 1 fully saturated rings. The highest BCUT2D eigenvalue weighted by Gasteiger charge is 2.53. The van der Waals surface area contributed by atoms with Crippen molar-refractivity contribution in [3.63, 3.8) is 0 Å².